The number of hydrogen-bond donors (Lipinski definition) is 5. The summed E-state index contributed by atoms with van der Waals surface area (Å²) in [6.45, 7) is 6.57. The summed E-state index contributed by atoms with van der Waals surface area (Å²) in [6, 6.07) is 3.38. The molecule has 0 fully saturated rings. The number of nitrogens with two attached hydrogens (primary N) is 2. The van der Waals surface area contributed by atoms with Gasteiger partial charge in [0.2, 0.25) is 0 Å². The predicted octanol–water partition coefficient (Wildman–Crippen LogP) is 3.73. The Morgan fingerprint density at radius 2 is 1.87 bits per heavy atom. The molecule has 1 aromatic heterocycles. The van der Waals surface area contributed by atoms with E-state index in [0.717, 1.165) is 23.5 Å². The minimum atomic E-state index is -1.42. The van der Waals surface area contributed by atoms with Gasteiger partial charge in [-0.2, -0.15) is 0 Å². The average molecular weight is 450 g/mol. The van der Waals surface area contributed by atoms with Crippen molar-refractivity contribution in [2.45, 2.75) is 25.9 Å². The van der Waals surface area contributed by atoms with Gasteiger partial charge in [-0.15, -0.1) is 11.3 Å². The molecule has 0 saturated carbocycles. The molecule has 0 aliphatic rings. The van der Waals surface area contributed by atoms with E-state index in [4.69, 9.17) is 16.6 Å². The van der Waals surface area contributed by atoms with Crippen LogP contribution < -0.4 is 16.8 Å². The molecule has 0 saturated heterocycles. The number of rotatable bonds is 9. The molecule has 1 heterocycles. The lowest BCUT2D eigenvalue weighted by atomic mass is 9.96. The molecule has 1 aromatic carbocycles. The van der Waals surface area contributed by atoms with Crippen molar-refractivity contribution >= 4 is 22.2 Å². The monoisotopic (exact) mass is 449 g/mol. The van der Waals surface area contributed by atoms with Gasteiger partial charge in [0.05, 0.1) is 16.7 Å². The zero-order chi connectivity index (χ0) is 23.3. The quantitative estimate of drug-likeness (QED) is 0.374. The Bertz CT molecular complexity index is 1030. The molecule has 0 bridgehead atoms. The Morgan fingerprint density at radius 1 is 1.26 bits per heavy atom. The number of carbonyl (C=O) groups excluding carboxylic acids is 1. The maximum atomic E-state index is 14.7. The second-order valence-electron chi connectivity index (χ2n) is 7.33. The molecule has 31 heavy (non-hydrogen) atoms. The normalized spacial score (nSPS) is 12.4. The van der Waals surface area contributed by atoms with Crippen molar-refractivity contribution in [2.24, 2.45) is 11.5 Å². The highest BCUT2D eigenvalue weighted by atomic mass is 32.1. The molecule has 0 radical (unpaired) electrons. The first-order valence-electron chi connectivity index (χ1n) is 9.29. The first-order chi connectivity index (χ1) is 14.4. The molecular formula is C22H25F2N3O3S. The average Bonchev–Trinajstić information content (AvgIpc) is 3.04. The van der Waals surface area contributed by atoms with E-state index in [0.29, 0.717) is 12.0 Å². The van der Waals surface area contributed by atoms with Gasteiger partial charge in [0, 0.05) is 11.5 Å². The van der Waals surface area contributed by atoms with Gasteiger partial charge in [0.25, 0.3) is 5.91 Å². The van der Waals surface area contributed by atoms with Crippen LogP contribution in [0.3, 0.4) is 0 Å². The molecule has 9 heteroatoms. The third kappa shape index (κ3) is 6.24. The van der Waals surface area contributed by atoms with Crippen LogP contribution in [0.25, 0.3) is 10.4 Å². The fourth-order valence-corrected chi connectivity index (χ4v) is 3.77. The number of nitrogens with one attached hydrogen (secondary N) is 1. The van der Waals surface area contributed by atoms with Crippen LogP contribution in [0.2, 0.25) is 0 Å². The Morgan fingerprint density at radius 3 is 2.39 bits per heavy atom. The highest BCUT2D eigenvalue weighted by Crippen LogP contribution is 2.39. The maximum Gasteiger partial charge on any atom is 0.251 e. The molecule has 0 spiro atoms. The molecule has 2 aromatic rings. The fraction of sp³-hybridized carbons (Fsp3) is 0.227. The second kappa shape index (κ2) is 9.86. The number of hydrogen-bond acceptors (Lipinski definition) is 6. The molecular weight excluding hydrogens is 424 g/mol. The topological polar surface area (TPSA) is 122 Å². The third-order valence-corrected chi connectivity index (χ3v) is 5.36. The number of primary amides is 1. The largest absolute Gasteiger partial charge is 0.396 e. The van der Waals surface area contributed by atoms with Gasteiger partial charge in [-0.1, -0.05) is 24.3 Å². The number of halogens is 2. The summed E-state index contributed by atoms with van der Waals surface area (Å²) < 4.78 is 29.4. The van der Waals surface area contributed by atoms with Crippen molar-refractivity contribution in [1.82, 2.24) is 0 Å². The predicted molar refractivity (Wildman–Crippen MR) is 119 cm³/mol. The molecule has 0 aliphatic heterocycles. The van der Waals surface area contributed by atoms with Gasteiger partial charge in [-0.3, -0.25) is 4.79 Å². The Balaban J connectivity index is 2.39. The molecule has 2 rings (SSSR count). The number of thiophene rings is 1. The molecule has 7 N–H and O–H groups in total. The highest BCUT2D eigenvalue weighted by Gasteiger charge is 2.24. The van der Waals surface area contributed by atoms with Crippen LogP contribution in [0.5, 0.6) is 0 Å². The molecule has 166 valence electrons. The van der Waals surface area contributed by atoms with Crippen molar-refractivity contribution in [3.8, 4) is 10.4 Å². The van der Waals surface area contributed by atoms with Gasteiger partial charge >= 0.3 is 0 Å². The van der Waals surface area contributed by atoms with Crippen molar-refractivity contribution in [3.05, 3.63) is 77.2 Å². The standard InChI is InChI=1S/C22H25F2N3O3S/c1-12(7-8-28)5-4-6-18(25)27-21-14(20(26)29)11-17(31-21)19-15(23)9-13(10-16(19)24)22(2,3)30/h4-6,9-11,27-28,30H,1,7-8,25H2,2-3H3,(H2,26,29)/b5-4-,18-6+. The van der Waals surface area contributed by atoms with Crippen LogP contribution >= 0.6 is 11.3 Å². The van der Waals surface area contributed by atoms with Crippen molar-refractivity contribution in [3.63, 3.8) is 0 Å². The number of anilines is 1. The zero-order valence-electron chi connectivity index (χ0n) is 17.2. The Labute approximate surface area is 183 Å². The van der Waals surface area contributed by atoms with Crippen LogP contribution in [0.1, 0.15) is 36.2 Å². The third-order valence-electron chi connectivity index (χ3n) is 4.29. The van der Waals surface area contributed by atoms with Gasteiger partial charge in [0.15, 0.2) is 0 Å². The van der Waals surface area contributed by atoms with E-state index in [-0.39, 0.29) is 39.0 Å². The molecule has 0 atom stereocenters. The van der Waals surface area contributed by atoms with Crippen LogP contribution in [-0.2, 0) is 5.60 Å². The first kappa shape index (κ1) is 24.3. The Hall–Kier alpha value is -3.01. The van der Waals surface area contributed by atoms with E-state index in [1.807, 2.05) is 0 Å². The molecule has 0 unspecified atom stereocenters. The van der Waals surface area contributed by atoms with Gasteiger partial charge in [-0.05, 0) is 50.1 Å². The summed E-state index contributed by atoms with van der Waals surface area (Å²) in [4.78, 5) is 12.0. The van der Waals surface area contributed by atoms with Crippen LogP contribution in [0.15, 0.2) is 54.4 Å². The van der Waals surface area contributed by atoms with Crippen molar-refractivity contribution in [2.75, 3.05) is 11.9 Å². The van der Waals surface area contributed by atoms with E-state index in [1.165, 1.54) is 26.0 Å². The zero-order valence-corrected chi connectivity index (χ0v) is 18.0. The lowest BCUT2D eigenvalue weighted by Crippen LogP contribution is -2.16. The van der Waals surface area contributed by atoms with Crippen LogP contribution in [0.4, 0.5) is 13.8 Å². The van der Waals surface area contributed by atoms with Crippen LogP contribution in [0, 0.1) is 11.6 Å². The number of amides is 1. The summed E-state index contributed by atoms with van der Waals surface area (Å²) >= 11 is 0.909. The van der Waals surface area contributed by atoms with Gasteiger partial charge in [0.1, 0.15) is 22.5 Å². The lowest BCUT2D eigenvalue weighted by Gasteiger charge is -2.18. The van der Waals surface area contributed by atoms with Gasteiger partial charge in [-0.25, -0.2) is 8.78 Å². The van der Waals surface area contributed by atoms with E-state index in [9.17, 15) is 18.7 Å². The van der Waals surface area contributed by atoms with Crippen molar-refractivity contribution in [1.29, 1.82) is 0 Å². The van der Waals surface area contributed by atoms with Crippen LogP contribution in [-0.4, -0.2) is 22.7 Å². The summed E-state index contributed by atoms with van der Waals surface area (Å²) in [5.74, 6) is -2.40. The fourth-order valence-electron chi connectivity index (χ4n) is 2.64. The lowest BCUT2D eigenvalue weighted by molar-refractivity contribution is 0.0778. The number of benzene rings is 1. The maximum absolute atomic E-state index is 14.7. The summed E-state index contributed by atoms with van der Waals surface area (Å²) in [6.07, 6.45) is 5.19. The SMILES string of the molecule is C=C(/C=C\C=C(/N)Nc1sc(-c2c(F)cc(C(C)(C)O)cc2F)cc1C(N)=O)CCO. The number of allylic oxidation sites excluding steroid dienone is 3. The van der Waals surface area contributed by atoms with E-state index in [2.05, 4.69) is 11.9 Å². The number of aliphatic hydroxyl groups is 2. The van der Waals surface area contributed by atoms with E-state index in [1.54, 1.807) is 12.2 Å². The minimum Gasteiger partial charge on any atom is -0.396 e. The first-order valence-corrected chi connectivity index (χ1v) is 10.1. The summed E-state index contributed by atoms with van der Waals surface area (Å²) in [7, 11) is 0. The Kier molecular flexibility index (Phi) is 7.72. The summed E-state index contributed by atoms with van der Waals surface area (Å²) in [5, 5.41) is 21.9. The smallest absolute Gasteiger partial charge is 0.251 e. The number of aliphatic hydroxyl groups excluding tert-OH is 1. The second-order valence-corrected chi connectivity index (χ2v) is 8.38. The summed E-state index contributed by atoms with van der Waals surface area (Å²) in [5.41, 5.74) is 10.4. The van der Waals surface area contributed by atoms with Crippen molar-refractivity contribution < 1.29 is 23.8 Å². The molecule has 6 nitrogen and oxygen atoms in total. The minimum absolute atomic E-state index is 0.0234. The number of carbonyl (C=O) groups is 1. The van der Waals surface area contributed by atoms with Gasteiger partial charge < -0.3 is 27.0 Å². The molecule has 0 aliphatic carbocycles. The molecule has 1 amide bonds. The van der Waals surface area contributed by atoms with E-state index >= 15 is 0 Å². The van der Waals surface area contributed by atoms with E-state index < -0.39 is 23.1 Å². The highest BCUT2D eigenvalue weighted by molar-refractivity contribution is 7.19.